The quantitative estimate of drug-likeness (QED) is 0.225. The third kappa shape index (κ3) is 5.20. The van der Waals surface area contributed by atoms with E-state index in [1.54, 1.807) is 12.3 Å². The van der Waals surface area contributed by atoms with Crippen LogP contribution in [-0.4, -0.2) is 56.4 Å². The number of furan rings is 1. The van der Waals surface area contributed by atoms with E-state index in [1.807, 2.05) is 6.26 Å². The summed E-state index contributed by atoms with van der Waals surface area (Å²) >= 11 is 0. The lowest BCUT2D eigenvalue weighted by Crippen LogP contribution is -2.62. The molecular weight excluding hydrogens is 664 g/mol. The zero-order valence-corrected chi connectivity index (χ0v) is 33.0. The third-order valence-corrected chi connectivity index (χ3v) is 19.7. The number of esters is 1. The Labute approximate surface area is 317 Å². The van der Waals surface area contributed by atoms with Gasteiger partial charge in [-0.25, -0.2) is 4.79 Å². The summed E-state index contributed by atoms with van der Waals surface area (Å²) in [4.78, 5) is 11.6. The maximum absolute atomic E-state index is 12.1. The van der Waals surface area contributed by atoms with Crippen LogP contribution in [0.25, 0.3) is 0 Å². The summed E-state index contributed by atoms with van der Waals surface area (Å²) < 4.78 is 10.6. The Hall–Kier alpha value is -1.67. The molecule has 53 heavy (non-hydrogen) atoms. The summed E-state index contributed by atoms with van der Waals surface area (Å²) in [5, 5.41) is 44.6. The molecule has 7 heteroatoms. The summed E-state index contributed by atoms with van der Waals surface area (Å²) in [5.74, 6) is 3.70. The van der Waals surface area contributed by atoms with Gasteiger partial charge in [0.25, 0.3) is 0 Å². The molecule has 0 aromatic carbocycles. The highest BCUT2D eigenvalue weighted by Gasteiger charge is 2.69. The van der Waals surface area contributed by atoms with Gasteiger partial charge in [-0.3, -0.25) is 0 Å². The average Bonchev–Trinajstić information content (AvgIpc) is 3.91. The number of cyclic esters (lactones) is 1. The fourth-order valence-corrected chi connectivity index (χ4v) is 16.6. The molecule has 1 aliphatic heterocycles. The van der Waals surface area contributed by atoms with Crippen LogP contribution in [0.3, 0.4) is 0 Å². The summed E-state index contributed by atoms with van der Waals surface area (Å²) in [6.07, 6.45) is 24.1. The van der Waals surface area contributed by atoms with E-state index >= 15 is 0 Å². The fourth-order valence-electron chi connectivity index (χ4n) is 16.6. The molecule has 4 N–H and O–H groups in total. The average molecular weight is 733 g/mol. The standard InChI is InChI=1S/C23H34O4.C23H34O3/c1-21-8-5-16(24)12-15(21)3-4-19-18(21)6-9-22(2)17(7-10-23(19,22)26)14-11-20(25)27-13-14;1-21-9-5-17(24)13-16(21)3-4-20-19(21)6-10-22(2)18(7-11-23(20,22)25)15-8-12-26-14-15/h11,15-19,24,26H,3-10,12-13H2,1-2H3;8,12,14,16-20,24-25H,3-7,9-11,13H2,1-2H3/t15-,16+,17-,18?,19?,21+,22-,23+;16-,17+,18-,19?,20?,21+,22-,23+/m11/s1. The Balaban J connectivity index is 0.000000141. The van der Waals surface area contributed by atoms with Gasteiger partial charge in [0.2, 0.25) is 0 Å². The van der Waals surface area contributed by atoms with E-state index in [0.717, 1.165) is 102 Å². The number of carbonyl (C=O) groups excluding carboxylic acids is 1. The predicted octanol–water partition coefficient (Wildman–Crippen LogP) is 8.49. The summed E-state index contributed by atoms with van der Waals surface area (Å²) in [7, 11) is 0. The molecule has 0 amide bonds. The van der Waals surface area contributed by atoms with Crippen molar-refractivity contribution >= 4 is 5.97 Å². The summed E-state index contributed by atoms with van der Waals surface area (Å²) in [6.45, 7) is 9.98. The van der Waals surface area contributed by atoms with Crippen LogP contribution in [0.15, 0.2) is 34.7 Å². The number of carbonyl (C=O) groups is 1. The van der Waals surface area contributed by atoms with Crippen molar-refractivity contribution in [2.75, 3.05) is 6.61 Å². The van der Waals surface area contributed by atoms with Gasteiger partial charge in [-0.05, 0) is 191 Å². The van der Waals surface area contributed by atoms with Gasteiger partial charge in [-0.1, -0.05) is 27.7 Å². The lowest BCUT2D eigenvalue weighted by atomic mass is 9.43. The van der Waals surface area contributed by atoms with E-state index in [9.17, 15) is 25.2 Å². The molecule has 1 aromatic rings. The molecular formula is C46H68O7. The second-order valence-corrected chi connectivity index (χ2v) is 21.2. The molecule has 4 unspecified atom stereocenters. The van der Waals surface area contributed by atoms with Crippen molar-refractivity contribution in [3.63, 3.8) is 0 Å². The number of ether oxygens (including phenoxy) is 1. The van der Waals surface area contributed by atoms with Crippen LogP contribution in [0.1, 0.15) is 155 Å². The van der Waals surface area contributed by atoms with Gasteiger partial charge in [0, 0.05) is 16.9 Å². The number of hydrogen-bond acceptors (Lipinski definition) is 7. The molecule has 0 radical (unpaired) electrons. The topological polar surface area (TPSA) is 120 Å². The Kier molecular flexibility index (Phi) is 8.83. The molecule has 8 fully saturated rings. The number of rotatable bonds is 2. The van der Waals surface area contributed by atoms with E-state index in [2.05, 4.69) is 33.8 Å². The molecule has 10 rings (SSSR count). The van der Waals surface area contributed by atoms with Gasteiger partial charge >= 0.3 is 5.97 Å². The van der Waals surface area contributed by atoms with Crippen molar-refractivity contribution in [2.24, 2.45) is 63.1 Å². The normalized spacial score (nSPS) is 54.1. The van der Waals surface area contributed by atoms with Gasteiger partial charge < -0.3 is 29.6 Å². The molecule has 1 aromatic heterocycles. The van der Waals surface area contributed by atoms with Crippen LogP contribution < -0.4 is 0 Å². The Bertz CT molecular complexity index is 1590. The van der Waals surface area contributed by atoms with E-state index < -0.39 is 11.2 Å². The zero-order valence-electron chi connectivity index (χ0n) is 33.0. The number of aliphatic hydroxyl groups is 4. The Morgan fingerprint density at radius 1 is 0.623 bits per heavy atom. The van der Waals surface area contributed by atoms with E-state index in [-0.39, 0.29) is 40.3 Å². The van der Waals surface area contributed by atoms with Crippen LogP contribution >= 0.6 is 0 Å². The monoisotopic (exact) mass is 732 g/mol. The number of hydrogen-bond donors (Lipinski definition) is 4. The maximum atomic E-state index is 12.1. The molecule has 0 bridgehead atoms. The highest BCUT2D eigenvalue weighted by molar-refractivity contribution is 5.85. The predicted molar refractivity (Wildman–Crippen MR) is 202 cm³/mol. The first-order valence-corrected chi connectivity index (χ1v) is 21.9. The number of aliphatic hydroxyl groups excluding tert-OH is 2. The first-order valence-electron chi connectivity index (χ1n) is 21.9. The van der Waals surface area contributed by atoms with Crippen LogP contribution in [0.2, 0.25) is 0 Å². The first-order chi connectivity index (χ1) is 25.2. The second kappa shape index (κ2) is 12.7. The minimum Gasteiger partial charge on any atom is -0.472 e. The maximum Gasteiger partial charge on any atom is 0.331 e. The third-order valence-electron chi connectivity index (χ3n) is 19.7. The SMILES string of the molecule is C[C@]12CC[C@H](O)C[C@H]1CCC1C2CC[C@]2(C)[C@@H](C3=CC(=O)OC3)CC[C@]12O.C[C@]12CC[C@H](O)C[C@H]1CCC1C2CC[C@]2(C)[C@@H](c3ccoc3)CC[C@]12O. The van der Waals surface area contributed by atoms with Crippen LogP contribution in [0.4, 0.5) is 0 Å². The molecule has 0 spiro atoms. The lowest BCUT2D eigenvalue weighted by Gasteiger charge is -2.63. The molecule has 0 saturated heterocycles. The Morgan fingerprint density at radius 2 is 1.15 bits per heavy atom. The Morgan fingerprint density at radius 3 is 1.64 bits per heavy atom. The molecule has 2 heterocycles. The highest BCUT2D eigenvalue weighted by atomic mass is 16.5. The molecule has 8 saturated carbocycles. The van der Waals surface area contributed by atoms with E-state index in [4.69, 9.17) is 9.15 Å². The van der Waals surface area contributed by atoms with Crippen molar-refractivity contribution in [1.82, 2.24) is 0 Å². The first kappa shape index (κ1) is 36.9. The van der Waals surface area contributed by atoms with Crippen molar-refractivity contribution in [3.8, 4) is 0 Å². The second-order valence-electron chi connectivity index (χ2n) is 21.2. The minimum atomic E-state index is -0.628. The highest BCUT2D eigenvalue weighted by Crippen LogP contribution is 2.72. The van der Waals surface area contributed by atoms with Crippen molar-refractivity contribution in [1.29, 1.82) is 0 Å². The minimum absolute atomic E-state index is 0.0323. The summed E-state index contributed by atoms with van der Waals surface area (Å²) in [5.41, 5.74) is 1.62. The molecule has 7 nitrogen and oxygen atoms in total. The summed E-state index contributed by atoms with van der Waals surface area (Å²) in [6, 6.07) is 2.11. The van der Waals surface area contributed by atoms with Gasteiger partial charge in [0.1, 0.15) is 6.61 Å². The van der Waals surface area contributed by atoms with E-state index in [1.165, 1.54) is 24.8 Å². The van der Waals surface area contributed by atoms with Crippen molar-refractivity contribution < 1.29 is 34.4 Å². The largest absolute Gasteiger partial charge is 0.472 e. The van der Waals surface area contributed by atoms with Crippen molar-refractivity contribution in [3.05, 3.63) is 35.8 Å². The van der Waals surface area contributed by atoms with Crippen LogP contribution in [0.5, 0.6) is 0 Å². The van der Waals surface area contributed by atoms with Crippen LogP contribution in [-0.2, 0) is 9.53 Å². The molecule has 9 aliphatic rings. The lowest BCUT2D eigenvalue weighted by molar-refractivity contribution is -0.208. The molecule has 16 atom stereocenters. The number of fused-ring (bicyclic) bond motifs is 10. The zero-order chi connectivity index (χ0) is 37.2. The van der Waals surface area contributed by atoms with Gasteiger partial charge in [0.15, 0.2) is 0 Å². The molecule has 294 valence electrons. The fraction of sp³-hybridized carbons (Fsp3) is 0.848. The van der Waals surface area contributed by atoms with Gasteiger partial charge in [-0.2, -0.15) is 0 Å². The smallest absolute Gasteiger partial charge is 0.331 e. The van der Waals surface area contributed by atoms with Crippen LogP contribution in [0, 0.1) is 63.1 Å². The van der Waals surface area contributed by atoms with Gasteiger partial charge in [0.05, 0.1) is 35.9 Å². The van der Waals surface area contributed by atoms with Crippen molar-refractivity contribution in [2.45, 2.75) is 173 Å². The van der Waals surface area contributed by atoms with E-state index in [0.29, 0.717) is 53.4 Å². The molecule has 8 aliphatic carbocycles. The van der Waals surface area contributed by atoms with Gasteiger partial charge in [-0.15, -0.1) is 0 Å².